The molecule has 5 rings (SSSR count). The fourth-order valence-electron chi connectivity index (χ4n) is 4.08. The van der Waals surface area contributed by atoms with Crippen molar-refractivity contribution >= 4 is 50.3 Å². The van der Waals surface area contributed by atoms with Gasteiger partial charge in [-0.2, -0.15) is 4.98 Å². The molecule has 0 aromatic carbocycles. The summed E-state index contributed by atoms with van der Waals surface area (Å²) in [5, 5.41) is 3.55. The summed E-state index contributed by atoms with van der Waals surface area (Å²) in [5.74, 6) is 0.882. The van der Waals surface area contributed by atoms with Crippen molar-refractivity contribution in [3.8, 4) is 16.9 Å². The SMILES string of the molecule is COc1cnc(Cl)cc1-c1cc(C)ncc1C(=O)Nc1nc2ncc(N3CCOC(C)C3C)nc2s1. The molecule has 12 heteroatoms. The average Bonchev–Trinajstić information content (AvgIpc) is 3.27. The highest BCUT2D eigenvalue weighted by Gasteiger charge is 2.27. The Bertz CT molecular complexity index is 1450. The van der Waals surface area contributed by atoms with Crippen LogP contribution in [0.1, 0.15) is 29.9 Å². The van der Waals surface area contributed by atoms with Gasteiger partial charge in [-0.25, -0.2) is 15.0 Å². The van der Waals surface area contributed by atoms with Crippen LogP contribution < -0.4 is 15.0 Å². The van der Waals surface area contributed by atoms with Gasteiger partial charge in [0.15, 0.2) is 15.6 Å². The molecule has 4 aromatic heterocycles. The highest BCUT2D eigenvalue weighted by Crippen LogP contribution is 2.34. The molecule has 0 radical (unpaired) electrons. The molecule has 0 spiro atoms. The number of aryl methyl sites for hydroxylation is 1. The first-order valence-corrected chi connectivity index (χ1v) is 12.5. The number of carbonyl (C=O) groups is 1. The lowest BCUT2D eigenvalue weighted by Crippen LogP contribution is -2.49. The van der Waals surface area contributed by atoms with Crippen LogP contribution in [0.3, 0.4) is 0 Å². The van der Waals surface area contributed by atoms with Crippen LogP contribution in [0.15, 0.2) is 30.7 Å². The quantitative estimate of drug-likeness (QED) is 0.379. The summed E-state index contributed by atoms with van der Waals surface area (Å²) in [4.78, 5) is 38.2. The molecule has 186 valence electrons. The second kappa shape index (κ2) is 9.92. The zero-order valence-electron chi connectivity index (χ0n) is 20.1. The van der Waals surface area contributed by atoms with Crippen molar-refractivity contribution in [3.63, 3.8) is 0 Å². The molecular formula is C24H24ClN7O3S. The molecule has 10 nitrogen and oxygen atoms in total. The summed E-state index contributed by atoms with van der Waals surface area (Å²) in [6, 6.07) is 3.64. The molecule has 1 amide bonds. The number of nitrogens with zero attached hydrogens (tertiary/aromatic N) is 6. The molecule has 36 heavy (non-hydrogen) atoms. The van der Waals surface area contributed by atoms with Gasteiger partial charge in [0.1, 0.15) is 16.7 Å². The van der Waals surface area contributed by atoms with Crippen LogP contribution >= 0.6 is 22.9 Å². The van der Waals surface area contributed by atoms with Crippen LogP contribution in [0.4, 0.5) is 10.9 Å². The summed E-state index contributed by atoms with van der Waals surface area (Å²) in [7, 11) is 1.54. The van der Waals surface area contributed by atoms with Crippen LogP contribution in [0.2, 0.25) is 5.15 Å². The molecule has 1 aliphatic heterocycles. The van der Waals surface area contributed by atoms with E-state index < -0.39 is 0 Å². The molecule has 5 heterocycles. The monoisotopic (exact) mass is 525 g/mol. The van der Waals surface area contributed by atoms with Gasteiger partial charge in [0.25, 0.3) is 5.91 Å². The molecule has 1 saturated heterocycles. The van der Waals surface area contributed by atoms with Gasteiger partial charge in [0.2, 0.25) is 0 Å². The number of morpholine rings is 1. The minimum atomic E-state index is -0.373. The number of amides is 1. The Morgan fingerprint density at radius 2 is 2.00 bits per heavy atom. The lowest BCUT2D eigenvalue weighted by atomic mass is 10.0. The summed E-state index contributed by atoms with van der Waals surface area (Å²) < 4.78 is 11.2. The van der Waals surface area contributed by atoms with E-state index in [0.29, 0.717) is 44.7 Å². The van der Waals surface area contributed by atoms with E-state index in [1.54, 1.807) is 18.3 Å². The number of hydrogen-bond donors (Lipinski definition) is 1. The highest BCUT2D eigenvalue weighted by atomic mass is 35.5. The summed E-state index contributed by atoms with van der Waals surface area (Å²) in [6.45, 7) is 7.37. The first-order chi connectivity index (χ1) is 17.3. The van der Waals surface area contributed by atoms with E-state index in [0.717, 1.165) is 18.1 Å². The van der Waals surface area contributed by atoms with E-state index in [9.17, 15) is 4.79 Å². The number of methoxy groups -OCH3 is 1. The Morgan fingerprint density at radius 3 is 2.81 bits per heavy atom. The summed E-state index contributed by atoms with van der Waals surface area (Å²) in [6.07, 6.45) is 4.85. The van der Waals surface area contributed by atoms with Gasteiger partial charge in [-0.15, -0.1) is 0 Å². The lowest BCUT2D eigenvalue weighted by molar-refractivity contribution is 0.0281. The number of thiazole rings is 1. The van der Waals surface area contributed by atoms with Crippen molar-refractivity contribution in [2.75, 3.05) is 30.5 Å². The number of anilines is 2. The van der Waals surface area contributed by atoms with E-state index in [1.165, 1.54) is 30.8 Å². The van der Waals surface area contributed by atoms with Crippen molar-refractivity contribution in [3.05, 3.63) is 47.1 Å². The van der Waals surface area contributed by atoms with Crippen LogP contribution in [-0.4, -0.2) is 63.2 Å². The Hall–Kier alpha value is -3.41. The average molecular weight is 526 g/mol. The number of halogens is 1. The van der Waals surface area contributed by atoms with Gasteiger partial charge >= 0.3 is 0 Å². The standard InChI is InChI=1S/C24H24ClN7O3S/c1-12-7-15(16-8-19(25)27-10-18(16)34-4)17(9-26-12)22(33)31-24-30-21-23(36-24)29-20(11-28-21)32-5-6-35-14(3)13(32)2/h7-11,13-14H,5-6H2,1-4H3,(H,28,30,31,33). The van der Waals surface area contributed by atoms with Crippen molar-refractivity contribution in [2.45, 2.75) is 32.9 Å². The highest BCUT2D eigenvalue weighted by molar-refractivity contribution is 7.21. The minimum Gasteiger partial charge on any atom is -0.494 e. The number of hydrogen-bond acceptors (Lipinski definition) is 10. The maximum absolute atomic E-state index is 13.3. The number of aromatic nitrogens is 5. The fourth-order valence-corrected chi connectivity index (χ4v) is 5.03. The first-order valence-electron chi connectivity index (χ1n) is 11.3. The normalized spacial score (nSPS) is 17.9. The van der Waals surface area contributed by atoms with Crippen LogP contribution in [-0.2, 0) is 4.74 Å². The molecule has 4 aromatic rings. The third kappa shape index (κ3) is 4.69. The van der Waals surface area contributed by atoms with E-state index >= 15 is 0 Å². The van der Waals surface area contributed by atoms with Gasteiger partial charge < -0.3 is 14.4 Å². The van der Waals surface area contributed by atoms with Gasteiger partial charge in [0, 0.05) is 29.6 Å². The predicted molar refractivity (Wildman–Crippen MR) is 139 cm³/mol. The number of rotatable bonds is 5. The van der Waals surface area contributed by atoms with E-state index in [4.69, 9.17) is 26.1 Å². The van der Waals surface area contributed by atoms with Crippen LogP contribution in [0.25, 0.3) is 21.6 Å². The third-order valence-electron chi connectivity index (χ3n) is 6.14. The zero-order chi connectivity index (χ0) is 25.4. The number of pyridine rings is 2. The zero-order valence-corrected chi connectivity index (χ0v) is 21.7. The van der Waals surface area contributed by atoms with Gasteiger partial charge in [-0.05, 0) is 32.9 Å². The number of ether oxygens (including phenoxy) is 2. The molecule has 1 fully saturated rings. The van der Waals surface area contributed by atoms with E-state index in [-0.39, 0.29) is 23.2 Å². The lowest BCUT2D eigenvalue weighted by Gasteiger charge is -2.38. The Balaban J connectivity index is 1.45. The van der Waals surface area contributed by atoms with Crippen molar-refractivity contribution in [2.24, 2.45) is 0 Å². The molecule has 2 unspecified atom stereocenters. The van der Waals surface area contributed by atoms with Crippen LogP contribution in [0, 0.1) is 6.92 Å². The van der Waals surface area contributed by atoms with Gasteiger partial charge in [0.05, 0.1) is 43.8 Å². The topological polar surface area (TPSA) is 115 Å². The number of nitrogens with one attached hydrogen (secondary N) is 1. The maximum Gasteiger partial charge on any atom is 0.259 e. The van der Waals surface area contributed by atoms with Gasteiger partial charge in [-0.3, -0.25) is 15.1 Å². The minimum absolute atomic E-state index is 0.0961. The molecule has 0 aliphatic carbocycles. The molecule has 0 saturated carbocycles. The summed E-state index contributed by atoms with van der Waals surface area (Å²) in [5.41, 5.74) is 2.82. The van der Waals surface area contributed by atoms with Gasteiger partial charge in [-0.1, -0.05) is 22.9 Å². The smallest absolute Gasteiger partial charge is 0.259 e. The van der Waals surface area contributed by atoms with Crippen molar-refractivity contribution < 1.29 is 14.3 Å². The fraction of sp³-hybridized carbons (Fsp3) is 0.333. The third-order valence-corrected chi connectivity index (χ3v) is 7.20. The summed E-state index contributed by atoms with van der Waals surface area (Å²) >= 11 is 7.41. The second-order valence-electron chi connectivity index (χ2n) is 8.42. The molecule has 1 N–H and O–H groups in total. The van der Waals surface area contributed by atoms with E-state index in [1.807, 2.05) is 13.8 Å². The number of carbonyl (C=O) groups excluding carboxylic acids is 1. The van der Waals surface area contributed by atoms with Crippen molar-refractivity contribution in [1.29, 1.82) is 0 Å². The van der Waals surface area contributed by atoms with E-state index in [2.05, 4.69) is 37.1 Å². The Labute approximate surface area is 216 Å². The molecular weight excluding hydrogens is 502 g/mol. The first kappa shape index (κ1) is 24.3. The number of fused-ring (bicyclic) bond motifs is 1. The molecule has 1 aliphatic rings. The van der Waals surface area contributed by atoms with Crippen LogP contribution in [0.5, 0.6) is 5.75 Å². The molecule has 0 bridgehead atoms. The molecule has 2 atom stereocenters. The Kier molecular flexibility index (Phi) is 6.69. The second-order valence-corrected chi connectivity index (χ2v) is 9.78. The van der Waals surface area contributed by atoms with Crippen molar-refractivity contribution in [1.82, 2.24) is 24.9 Å². The Morgan fingerprint density at radius 1 is 1.17 bits per heavy atom. The predicted octanol–water partition coefficient (Wildman–Crippen LogP) is 4.38. The largest absolute Gasteiger partial charge is 0.494 e. The maximum atomic E-state index is 13.3.